The van der Waals surface area contributed by atoms with E-state index in [-0.39, 0.29) is 17.1 Å². The van der Waals surface area contributed by atoms with Crippen LogP contribution in [0.1, 0.15) is 36.9 Å². The normalized spacial score (nSPS) is 11.3. The molecule has 2 aromatic carbocycles. The number of halogens is 1. The summed E-state index contributed by atoms with van der Waals surface area (Å²) in [7, 11) is 1.56. The van der Waals surface area contributed by atoms with E-state index in [9.17, 15) is 14.0 Å². The number of amides is 2. The van der Waals surface area contributed by atoms with Crippen LogP contribution in [0.2, 0.25) is 0 Å². The Labute approximate surface area is 173 Å². The lowest BCUT2D eigenvalue weighted by Gasteiger charge is -2.20. The summed E-state index contributed by atoms with van der Waals surface area (Å²) in [6, 6.07) is 9.07. The molecule has 3 rings (SSSR count). The number of fused-ring (bicyclic) bond motifs is 1. The number of carbonyl (C=O) groups excluding carboxylic acids is 2. The van der Waals surface area contributed by atoms with Gasteiger partial charge in [0.1, 0.15) is 22.8 Å². The van der Waals surface area contributed by atoms with Crippen molar-refractivity contribution in [3.8, 4) is 5.75 Å². The third-order valence-corrected chi connectivity index (χ3v) is 4.21. The fourth-order valence-corrected chi connectivity index (χ4v) is 2.84. The van der Waals surface area contributed by atoms with Gasteiger partial charge in [-0.1, -0.05) is 0 Å². The highest BCUT2D eigenvalue weighted by Gasteiger charge is 2.20. The van der Waals surface area contributed by atoms with Crippen LogP contribution in [0.3, 0.4) is 0 Å². The number of methoxy groups -OCH3 is 1. The fraction of sp³-hybridized carbons (Fsp3) is 0.273. The molecule has 2 N–H and O–H groups in total. The molecule has 3 aromatic rings. The van der Waals surface area contributed by atoms with E-state index in [1.54, 1.807) is 53.0 Å². The average Bonchev–Trinajstić information content (AvgIpc) is 2.99. The SMILES string of the molecule is COc1ccc2oc(C(=O)Nc3ccc(F)c(NC(=O)OC(C)(C)C)c3)c(C)c2c1. The Hall–Kier alpha value is -3.55. The van der Waals surface area contributed by atoms with Crippen molar-refractivity contribution in [2.45, 2.75) is 33.3 Å². The van der Waals surface area contributed by atoms with Crippen LogP contribution in [-0.4, -0.2) is 24.7 Å². The van der Waals surface area contributed by atoms with E-state index in [1.165, 1.54) is 12.1 Å². The first-order chi connectivity index (χ1) is 14.1. The minimum atomic E-state index is -0.799. The molecule has 1 heterocycles. The quantitative estimate of drug-likeness (QED) is 0.589. The van der Waals surface area contributed by atoms with E-state index < -0.39 is 23.4 Å². The number of benzene rings is 2. The Bertz CT molecular complexity index is 1110. The lowest BCUT2D eigenvalue weighted by Crippen LogP contribution is -2.27. The molecule has 0 aliphatic heterocycles. The number of ether oxygens (including phenoxy) is 2. The molecular weight excluding hydrogens is 391 g/mol. The van der Waals surface area contributed by atoms with Crippen molar-refractivity contribution in [2.24, 2.45) is 0 Å². The molecule has 0 unspecified atom stereocenters. The topological polar surface area (TPSA) is 89.8 Å². The van der Waals surface area contributed by atoms with E-state index in [2.05, 4.69) is 10.6 Å². The van der Waals surface area contributed by atoms with Crippen LogP contribution < -0.4 is 15.4 Å². The summed E-state index contributed by atoms with van der Waals surface area (Å²) in [5, 5.41) is 5.75. The number of anilines is 2. The van der Waals surface area contributed by atoms with Gasteiger partial charge < -0.3 is 19.2 Å². The third kappa shape index (κ3) is 4.71. The molecule has 2 amide bonds. The van der Waals surface area contributed by atoms with Gasteiger partial charge in [-0.2, -0.15) is 0 Å². The molecule has 1 aromatic heterocycles. The Kier molecular flexibility index (Phi) is 5.69. The summed E-state index contributed by atoms with van der Waals surface area (Å²) in [5.74, 6) is -0.387. The second-order valence-electron chi connectivity index (χ2n) is 7.69. The summed E-state index contributed by atoms with van der Waals surface area (Å²) in [5.41, 5.74) is 0.631. The maximum atomic E-state index is 14.1. The highest BCUT2D eigenvalue weighted by atomic mass is 19.1. The molecule has 0 aliphatic rings. The third-order valence-electron chi connectivity index (χ3n) is 4.21. The average molecular weight is 414 g/mol. The van der Waals surface area contributed by atoms with Gasteiger partial charge in [-0.05, 0) is 64.1 Å². The molecule has 7 nitrogen and oxygen atoms in total. The monoisotopic (exact) mass is 414 g/mol. The van der Waals surface area contributed by atoms with E-state index in [4.69, 9.17) is 13.9 Å². The first-order valence-corrected chi connectivity index (χ1v) is 9.25. The van der Waals surface area contributed by atoms with E-state index in [0.717, 1.165) is 11.5 Å². The Morgan fingerprint density at radius 1 is 1.07 bits per heavy atom. The predicted octanol–water partition coefficient (Wildman–Crippen LogP) is 5.49. The molecule has 0 radical (unpaired) electrons. The smallest absolute Gasteiger partial charge is 0.412 e. The van der Waals surface area contributed by atoms with Gasteiger partial charge >= 0.3 is 6.09 Å². The van der Waals surface area contributed by atoms with Crippen molar-refractivity contribution in [2.75, 3.05) is 17.7 Å². The van der Waals surface area contributed by atoms with Crippen molar-refractivity contribution >= 4 is 34.3 Å². The molecule has 0 saturated carbocycles. The summed E-state index contributed by atoms with van der Waals surface area (Å²) >= 11 is 0. The maximum absolute atomic E-state index is 14.1. The number of hydrogen-bond donors (Lipinski definition) is 2. The van der Waals surface area contributed by atoms with Gasteiger partial charge in [0.2, 0.25) is 0 Å². The molecule has 0 saturated heterocycles. The van der Waals surface area contributed by atoms with Crippen LogP contribution in [0, 0.1) is 12.7 Å². The number of carbonyl (C=O) groups is 2. The van der Waals surface area contributed by atoms with Crippen LogP contribution in [0.4, 0.5) is 20.6 Å². The Morgan fingerprint density at radius 3 is 2.47 bits per heavy atom. The minimum Gasteiger partial charge on any atom is -0.497 e. The summed E-state index contributed by atoms with van der Waals surface area (Å²) < 4.78 is 30.1. The number of hydrogen-bond acceptors (Lipinski definition) is 5. The first kappa shape index (κ1) is 21.2. The zero-order valence-corrected chi connectivity index (χ0v) is 17.4. The van der Waals surface area contributed by atoms with E-state index >= 15 is 0 Å². The highest BCUT2D eigenvalue weighted by molar-refractivity contribution is 6.06. The van der Waals surface area contributed by atoms with Crippen LogP contribution in [0.25, 0.3) is 11.0 Å². The highest BCUT2D eigenvalue weighted by Crippen LogP contribution is 2.29. The zero-order valence-electron chi connectivity index (χ0n) is 17.4. The largest absolute Gasteiger partial charge is 0.497 e. The molecule has 0 spiro atoms. The van der Waals surface area contributed by atoms with E-state index in [0.29, 0.717) is 16.9 Å². The van der Waals surface area contributed by atoms with Crippen LogP contribution >= 0.6 is 0 Å². The molecular formula is C22H23FN2O5. The summed E-state index contributed by atoms with van der Waals surface area (Å²) in [6.07, 6.45) is -0.799. The number of furan rings is 1. The van der Waals surface area contributed by atoms with Crippen molar-refractivity contribution in [1.82, 2.24) is 0 Å². The lowest BCUT2D eigenvalue weighted by molar-refractivity contribution is 0.0635. The minimum absolute atomic E-state index is 0.117. The Balaban J connectivity index is 1.81. The molecule has 8 heteroatoms. The van der Waals surface area contributed by atoms with Crippen LogP contribution in [0.5, 0.6) is 5.75 Å². The van der Waals surface area contributed by atoms with Crippen molar-refractivity contribution in [3.63, 3.8) is 0 Å². The van der Waals surface area contributed by atoms with Gasteiger partial charge in [0.15, 0.2) is 5.76 Å². The number of nitrogens with one attached hydrogen (secondary N) is 2. The van der Waals surface area contributed by atoms with Gasteiger partial charge in [0.25, 0.3) is 5.91 Å². The molecule has 158 valence electrons. The molecule has 0 bridgehead atoms. The molecule has 0 aliphatic carbocycles. The second-order valence-corrected chi connectivity index (χ2v) is 7.69. The molecule has 0 fully saturated rings. The van der Waals surface area contributed by atoms with Crippen LogP contribution in [0.15, 0.2) is 40.8 Å². The number of rotatable bonds is 4. The lowest BCUT2D eigenvalue weighted by atomic mass is 10.1. The second kappa shape index (κ2) is 8.06. The van der Waals surface area contributed by atoms with Gasteiger partial charge in [-0.3, -0.25) is 10.1 Å². The fourth-order valence-electron chi connectivity index (χ4n) is 2.84. The maximum Gasteiger partial charge on any atom is 0.412 e. The molecule has 30 heavy (non-hydrogen) atoms. The predicted molar refractivity (Wildman–Crippen MR) is 112 cm³/mol. The van der Waals surface area contributed by atoms with Crippen molar-refractivity contribution < 1.29 is 27.9 Å². The standard InChI is InChI=1S/C22H23FN2O5/c1-12-15-11-14(28-5)7-9-18(15)29-19(12)20(26)24-13-6-8-16(23)17(10-13)25-21(27)30-22(2,3)4/h6-11H,1-5H3,(H,24,26)(H,25,27). The Morgan fingerprint density at radius 2 is 1.80 bits per heavy atom. The summed E-state index contributed by atoms with van der Waals surface area (Å²) in [6.45, 7) is 6.86. The van der Waals surface area contributed by atoms with Gasteiger partial charge in [-0.25, -0.2) is 9.18 Å². The van der Waals surface area contributed by atoms with Gasteiger partial charge in [-0.15, -0.1) is 0 Å². The zero-order chi connectivity index (χ0) is 22.1. The number of aryl methyl sites for hydroxylation is 1. The van der Waals surface area contributed by atoms with Crippen molar-refractivity contribution in [1.29, 1.82) is 0 Å². The van der Waals surface area contributed by atoms with Gasteiger partial charge in [0.05, 0.1) is 12.8 Å². The van der Waals surface area contributed by atoms with Gasteiger partial charge in [0, 0.05) is 16.6 Å². The first-order valence-electron chi connectivity index (χ1n) is 9.25. The molecule has 0 atom stereocenters. The summed E-state index contributed by atoms with van der Waals surface area (Å²) in [4.78, 5) is 24.6. The van der Waals surface area contributed by atoms with Crippen molar-refractivity contribution in [3.05, 3.63) is 53.5 Å². The van der Waals surface area contributed by atoms with E-state index in [1.807, 2.05) is 0 Å². The van der Waals surface area contributed by atoms with Crippen LogP contribution in [-0.2, 0) is 4.74 Å².